The van der Waals surface area contributed by atoms with Gasteiger partial charge in [-0.3, -0.25) is 24.0 Å². The molecule has 0 saturated carbocycles. The van der Waals surface area contributed by atoms with Crippen molar-refractivity contribution in [3.63, 3.8) is 0 Å². The molecule has 3 aromatic carbocycles. The van der Waals surface area contributed by atoms with Crippen molar-refractivity contribution in [1.29, 1.82) is 0 Å². The molecule has 5 amide bonds. The van der Waals surface area contributed by atoms with Gasteiger partial charge in [-0.1, -0.05) is 94.4 Å². The lowest BCUT2D eigenvalue weighted by Crippen LogP contribution is -2.60. The van der Waals surface area contributed by atoms with Crippen molar-refractivity contribution in [1.82, 2.24) is 21.3 Å². The predicted octanol–water partition coefficient (Wildman–Crippen LogP) is 0.567. The topological polar surface area (TPSA) is 206 Å². The van der Waals surface area contributed by atoms with E-state index >= 15 is 0 Å². The summed E-state index contributed by atoms with van der Waals surface area (Å²) >= 11 is 0. The molecule has 9 N–H and O–H groups in total. The zero-order valence-corrected chi connectivity index (χ0v) is 27.1. The number of primary amides is 1. The normalized spacial score (nSPS) is 21.7. The summed E-state index contributed by atoms with van der Waals surface area (Å²) in [7, 11) is 2.40. The molecule has 14 heteroatoms. The Balaban J connectivity index is 1.59. The Morgan fingerprint density at radius 3 is 1.81 bits per heavy atom. The number of hydrogen-bond acceptors (Lipinski definition) is 9. The highest BCUT2D eigenvalue weighted by Crippen LogP contribution is 2.24. The predicted molar refractivity (Wildman–Crippen MR) is 182 cm³/mol. The first-order valence-corrected chi connectivity index (χ1v) is 17.4. The van der Waals surface area contributed by atoms with Crippen LogP contribution in [0.5, 0.6) is 5.75 Å². The van der Waals surface area contributed by atoms with E-state index in [2.05, 4.69) is 21.3 Å². The van der Waals surface area contributed by atoms with E-state index in [0.717, 1.165) is 16.7 Å². The van der Waals surface area contributed by atoms with E-state index in [1.54, 1.807) is 24.3 Å². The fourth-order valence-electron chi connectivity index (χ4n) is 4.80. The van der Waals surface area contributed by atoms with Crippen LogP contribution in [-0.4, -0.2) is 76.4 Å². The van der Waals surface area contributed by atoms with Crippen LogP contribution in [0.2, 0.25) is 0 Å². The number of hydrogen-bond donors (Lipinski definition) is 7. The molecule has 5 atom stereocenters. The summed E-state index contributed by atoms with van der Waals surface area (Å²) < 4.78 is 0. The fraction of sp³-hybridized carbons (Fsp3) is 0.303. The highest BCUT2D eigenvalue weighted by atomic mass is 33.1. The van der Waals surface area contributed by atoms with Crippen molar-refractivity contribution in [3.8, 4) is 5.75 Å². The van der Waals surface area contributed by atoms with Gasteiger partial charge in [0.15, 0.2) is 0 Å². The molecule has 0 radical (unpaired) electrons. The van der Waals surface area contributed by atoms with Crippen LogP contribution < -0.4 is 32.7 Å². The zero-order valence-electron chi connectivity index (χ0n) is 25.5. The summed E-state index contributed by atoms with van der Waals surface area (Å²) in [5.74, 6) is -2.95. The maximum absolute atomic E-state index is 13.8. The number of carbonyl (C=O) groups excluding carboxylic acids is 5. The third kappa shape index (κ3) is 11.0. The number of amides is 5. The van der Waals surface area contributed by atoms with Gasteiger partial charge in [0, 0.05) is 24.3 Å². The highest BCUT2D eigenvalue weighted by molar-refractivity contribution is 8.76. The second-order valence-electron chi connectivity index (χ2n) is 11.1. The standard InChI is InChI=1S/C33H38N6O6S2/c34-24(15-22-11-13-23(40)14-12-22)30(42)39-28-19-47-46-18-27(29(35)41)38-32(44)26(17-21-9-5-2-6-10-21)36-31(43)25(37-33(28)45)16-20-7-3-1-4-8-20/h1-14,24-28,40H,15-19,34H2,(H2,35,41)(H,36,43)(H,37,45)(H,38,44)(H,39,42)/t24-,25-,26+,27+,28+/m0/s1. The number of nitrogens with one attached hydrogen (secondary N) is 4. The monoisotopic (exact) mass is 678 g/mol. The van der Waals surface area contributed by atoms with Gasteiger partial charge in [0.05, 0.1) is 6.04 Å². The van der Waals surface area contributed by atoms with Crippen LogP contribution in [0.3, 0.4) is 0 Å². The van der Waals surface area contributed by atoms with E-state index in [1.165, 1.54) is 33.7 Å². The SMILES string of the molecule is NC(=O)[C@H]1CSSC[C@@H](NC(=O)[C@@H](N)Cc2ccc(O)cc2)C(=O)N[C@@H](Cc2ccccc2)C(=O)N[C@H](Cc2ccccc2)C(=O)N1. The molecule has 1 saturated heterocycles. The Hall–Kier alpha value is -4.53. The number of benzene rings is 3. The Labute approximate surface area is 280 Å². The molecule has 1 aliphatic rings. The lowest BCUT2D eigenvalue weighted by molar-refractivity contribution is -0.134. The number of phenolic OH excluding ortho intramolecular Hbond substituents is 1. The van der Waals surface area contributed by atoms with Crippen LogP contribution in [-0.2, 0) is 43.2 Å². The molecule has 0 bridgehead atoms. The summed E-state index contributed by atoms with van der Waals surface area (Å²) in [4.78, 5) is 66.5. The van der Waals surface area contributed by atoms with Gasteiger partial charge in [0.1, 0.15) is 29.9 Å². The summed E-state index contributed by atoms with van der Waals surface area (Å²) in [5.41, 5.74) is 14.0. The maximum atomic E-state index is 13.8. The fourth-order valence-corrected chi connectivity index (χ4v) is 7.14. The van der Waals surface area contributed by atoms with Crippen LogP contribution >= 0.6 is 21.6 Å². The summed E-state index contributed by atoms with van der Waals surface area (Å²) in [6.45, 7) is 0. The Morgan fingerprint density at radius 2 is 1.26 bits per heavy atom. The summed E-state index contributed by atoms with van der Waals surface area (Å²) in [6.07, 6.45) is 0.379. The molecule has 1 aliphatic heterocycles. The van der Waals surface area contributed by atoms with Gasteiger partial charge in [-0.25, -0.2) is 0 Å². The zero-order chi connectivity index (χ0) is 33.8. The van der Waals surface area contributed by atoms with Gasteiger partial charge in [0.25, 0.3) is 0 Å². The van der Waals surface area contributed by atoms with Crippen molar-refractivity contribution < 1.29 is 29.1 Å². The first-order chi connectivity index (χ1) is 22.6. The minimum absolute atomic E-state index is 0.0594. The largest absolute Gasteiger partial charge is 0.508 e. The second kappa shape index (κ2) is 17.4. The maximum Gasteiger partial charge on any atom is 0.244 e. The van der Waals surface area contributed by atoms with Crippen LogP contribution in [0.4, 0.5) is 0 Å². The molecule has 47 heavy (non-hydrogen) atoms. The van der Waals surface area contributed by atoms with Gasteiger partial charge in [-0.2, -0.15) is 0 Å². The van der Waals surface area contributed by atoms with Crippen molar-refractivity contribution in [2.45, 2.75) is 49.5 Å². The van der Waals surface area contributed by atoms with E-state index in [9.17, 15) is 29.1 Å². The van der Waals surface area contributed by atoms with Crippen molar-refractivity contribution in [2.75, 3.05) is 11.5 Å². The van der Waals surface area contributed by atoms with Gasteiger partial charge < -0.3 is 37.8 Å². The quantitative estimate of drug-likeness (QED) is 0.158. The molecule has 248 valence electrons. The first-order valence-electron chi connectivity index (χ1n) is 15.0. The van der Waals surface area contributed by atoms with Gasteiger partial charge >= 0.3 is 0 Å². The Morgan fingerprint density at radius 1 is 0.745 bits per heavy atom. The molecular formula is C33H38N6O6S2. The van der Waals surface area contributed by atoms with E-state index < -0.39 is 59.7 Å². The molecule has 12 nitrogen and oxygen atoms in total. The van der Waals surface area contributed by atoms with Crippen LogP contribution in [0, 0.1) is 0 Å². The minimum atomic E-state index is -1.12. The van der Waals surface area contributed by atoms with Crippen LogP contribution in [0.1, 0.15) is 16.7 Å². The Bertz CT molecular complexity index is 1530. The molecule has 3 aromatic rings. The number of aromatic hydroxyl groups is 1. The molecule has 0 spiro atoms. The third-order valence-corrected chi connectivity index (χ3v) is 9.83. The van der Waals surface area contributed by atoms with Crippen LogP contribution in [0.15, 0.2) is 84.9 Å². The van der Waals surface area contributed by atoms with Crippen molar-refractivity contribution >= 4 is 51.1 Å². The lowest BCUT2D eigenvalue weighted by atomic mass is 10.0. The summed E-state index contributed by atoms with van der Waals surface area (Å²) in [5, 5.41) is 20.5. The van der Waals surface area contributed by atoms with Crippen molar-refractivity contribution in [2.24, 2.45) is 11.5 Å². The lowest BCUT2D eigenvalue weighted by Gasteiger charge is -2.27. The van der Waals surface area contributed by atoms with E-state index in [1.807, 2.05) is 48.5 Å². The highest BCUT2D eigenvalue weighted by Gasteiger charge is 2.33. The Kier molecular flexibility index (Phi) is 13.1. The number of nitrogens with two attached hydrogens (primary N) is 2. The van der Waals surface area contributed by atoms with E-state index in [0.29, 0.717) is 0 Å². The molecule has 4 rings (SSSR count). The van der Waals surface area contributed by atoms with Gasteiger partial charge in [0.2, 0.25) is 29.5 Å². The molecule has 1 heterocycles. The van der Waals surface area contributed by atoms with Gasteiger partial charge in [-0.05, 0) is 35.2 Å². The molecule has 1 fully saturated rings. The average molecular weight is 679 g/mol. The third-order valence-electron chi connectivity index (χ3n) is 7.41. The molecule has 0 aromatic heterocycles. The number of phenols is 1. The molecular weight excluding hydrogens is 641 g/mol. The van der Waals surface area contributed by atoms with E-state index in [4.69, 9.17) is 11.5 Å². The number of carbonyl (C=O) groups is 5. The van der Waals surface area contributed by atoms with Crippen molar-refractivity contribution in [3.05, 3.63) is 102 Å². The van der Waals surface area contributed by atoms with Gasteiger partial charge in [-0.15, -0.1) is 0 Å². The second-order valence-corrected chi connectivity index (χ2v) is 13.6. The van der Waals surface area contributed by atoms with Crippen LogP contribution in [0.25, 0.3) is 0 Å². The molecule has 0 aliphatic carbocycles. The summed E-state index contributed by atoms with van der Waals surface area (Å²) in [6, 6.07) is 19.0. The number of rotatable bonds is 9. The molecule has 0 unspecified atom stereocenters. The smallest absolute Gasteiger partial charge is 0.244 e. The minimum Gasteiger partial charge on any atom is -0.508 e. The van der Waals surface area contributed by atoms with E-state index in [-0.39, 0.29) is 36.5 Å². The first kappa shape index (κ1) is 35.3. The average Bonchev–Trinajstić information content (AvgIpc) is 3.06.